The molecular formula is C26H37NO3. The summed E-state index contributed by atoms with van der Waals surface area (Å²) in [6.07, 6.45) is 9.77. The Kier molecular flexibility index (Phi) is 6.22. The summed E-state index contributed by atoms with van der Waals surface area (Å²) >= 11 is 0. The second-order valence-electron chi connectivity index (χ2n) is 10.1. The van der Waals surface area contributed by atoms with E-state index >= 15 is 0 Å². The van der Waals surface area contributed by atoms with Crippen LogP contribution in [0.1, 0.15) is 82.3 Å². The van der Waals surface area contributed by atoms with Crippen LogP contribution in [0.2, 0.25) is 0 Å². The van der Waals surface area contributed by atoms with Crippen LogP contribution >= 0.6 is 0 Å². The molecule has 4 heteroatoms. The summed E-state index contributed by atoms with van der Waals surface area (Å²) in [5.41, 5.74) is 2.87. The number of amides is 1. The van der Waals surface area contributed by atoms with Crippen molar-refractivity contribution in [1.29, 1.82) is 0 Å². The van der Waals surface area contributed by atoms with Crippen LogP contribution in [0.15, 0.2) is 18.2 Å². The molecule has 1 aromatic rings. The van der Waals surface area contributed by atoms with Gasteiger partial charge in [0.25, 0.3) is 0 Å². The molecule has 1 amide bonds. The van der Waals surface area contributed by atoms with E-state index in [9.17, 15) is 9.59 Å². The molecule has 0 bridgehead atoms. The number of hydrogen-bond donors (Lipinski definition) is 1. The van der Waals surface area contributed by atoms with Crippen molar-refractivity contribution in [2.75, 3.05) is 13.7 Å². The maximum Gasteiger partial charge on any atom is 0.216 e. The largest absolute Gasteiger partial charge is 0.497 e. The predicted octanol–water partition coefficient (Wildman–Crippen LogP) is 5.04. The fourth-order valence-corrected chi connectivity index (χ4v) is 6.98. The molecule has 30 heavy (non-hydrogen) atoms. The molecule has 3 aliphatic carbocycles. The third-order valence-electron chi connectivity index (χ3n) is 8.40. The number of carbonyl (C=O) groups excluding carboxylic acids is 2. The molecule has 2 saturated carbocycles. The normalized spacial score (nSPS) is 32.2. The molecule has 3 aliphatic rings. The number of Topliss-reactive ketones (excluding diaryl/α,β-unsaturated/α-hetero) is 1. The summed E-state index contributed by atoms with van der Waals surface area (Å²) in [4.78, 5) is 24.1. The molecular weight excluding hydrogens is 374 g/mol. The molecule has 0 radical (unpaired) electrons. The maximum absolute atomic E-state index is 13.1. The minimum atomic E-state index is -0.105. The summed E-state index contributed by atoms with van der Waals surface area (Å²) in [5, 5.41) is 2.89. The summed E-state index contributed by atoms with van der Waals surface area (Å²) in [7, 11) is 1.74. The standard InChI is InChI=1S/C26H37NO3/c1-17(28)27-14-6-4-5-7-19-16-24(29)26(2)13-12-22-21-11-9-20(30-3)15-18(21)8-10-23(22)25(19)26/h9,11,15,19,22-23,25H,4-8,10,12-14,16H2,1-3H3,(H,27,28)/t19-,22-,23-,25+,26-/m1/s1. The van der Waals surface area contributed by atoms with Crippen molar-refractivity contribution in [2.45, 2.75) is 77.6 Å². The molecule has 0 aliphatic heterocycles. The molecule has 0 spiro atoms. The SMILES string of the molecule is COc1ccc2c(c1)CC[C@H]1[C@@H]3[C@H](CCCCCNC(C)=O)CC(=O)[C@@]3(C)CC[C@H]21. The Morgan fingerprint density at radius 2 is 2.07 bits per heavy atom. The smallest absolute Gasteiger partial charge is 0.216 e. The van der Waals surface area contributed by atoms with Gasteiger partial charge in [0.05, 0.1) is 7.11 Å². The highest BCUT2D eigenvalue weighted by Gasteiger charge is 2.58. The fourth-order valence-electron chi connectivity index (χ4n) is 6.98. The van der Waals surface area contributed by atoms with Crippen LogP contribution in [0.4, 0.5) is 0 Å². The molecule has 0 heterocycles. The van der Waals surface area contributed by atoms with Crippen molar-refractivity contribution in [2.24, 2.45) is 23.2 Å². The van der Waals surface area contributed by atoms with Crippen LogP contribution in [0.3, 0.4) is 0 Å². The number of aryl methyl sites for hydroxylation is 1. The Morgan fingerprint density at radius 1 is 1.23 bits per heavy atom. The second-order valence-corrected chi connectivity index (χ2v) is 10.1. The van der Waals surface area contributed by atoms with E-state index in [2.05, 4.69) is 30.4 Å². The zero-order valence-corrected chi connectivity index (χ0v) is 18.8. The molecule has 4 rings (SSSR count). The molecule has 2 fully saturated rings. The molecule has 5 atom stereocenters. The highest BCUT2D eigenvalue weighted by atomic mass is 16.5. The minimum absolute atomic E-state index is 0.0515. The van der Waals surface area contributed by atoms with E-state index in [0.717, 1.165) is 63.7 Å². The van der Waals surface area contributed by atoms with Crippen LogP contribution in [-0.4, -0.2) is 25.3 Å². The van der Waals surface area contributed by atoms with Gasteiger partial charge in [-0.2, -0.15) is 0 Å². The highest BCUT2D eigenvalue weighted by Crippen LogP contribution is 2.62. The van der Waals surface area contributed by atoms with E-state index in [4.69, 9.17) is 4.74 Å². The lowest BCUT2D eigenvalue weighted by Crippen LogP contribution is -2.44. The number of ketones is 1. The second kappa shape index (κ2) is 8.72. The van der Waals surface area contributed by atoms with E-state index in [0.29, 0.717) is 29.5 Å². The van der Waals surface area contributed by atoms with Gasteiger partial charge >= 0.3 is 0 Å². The Morgan fingerprint density at radius 3 is 2.83 bits per heavy atom. The first kappa shape index (κ1) is 21.4. The first-order chi connectivity index (χ1) is 14.4. The van der Waals surface area contributed by atoms with Crippen molar-refractivity contribution in [3.05, 3.63) is 29.3 Å². The van der Waals surface area contributed by atoms with E-state index in [1.54, 1.807) is 14.0 Å². The summed E-state index contributed by atoms with van der Waals surface area (Å²) in [6.45, 7) is 4.62. The number of hydrogen-bond acceptors (Lipinski definition) is 3. The molecule has 1 N–H and O–H groups in total. The van der Waals surface area contributed by atoms with Crippen molar-refractivity contribution >= 4 is 11.7 Å². The van der Waals surface area contributed by atoms with Crippen molar-refractivity contribution in [3.8, 4) is 5.75 Å². The number of ether oxygens (including phenoxy) is 1. The lowest BCUT2D eigenvalue weighted by Gasteiger charge is -2.50. The Balaban J connectivity index is 1.45. The van der Waals surface area contributed by atoms with Gasteiger partial charge in [-0.15, -0.1) is 0 Å². The summed E-state index contributed by atoms with van der Waals surface area (Å²) in [6, 6.07) is 6.63. The number of rotatable bonds is 7. The fraction of sp³-hybridized carbons (Fsp3) is 0.692. The lowest BCUT2D eigenvalue weighted by molar-refractivity contribution is -0.129. The highest BCUT2D eigenvalue weighted by molar-refractivity contribution is 5.87. The molecule has 0 saturated heterocycles. The quantitative estimate of drug-likeness (QED) is 0.639. The van der Waals surface area contributed by atoms with Crippen LogP contribution in [-0.2, 0) is 16.0 Å². The maximum atomic E-state index is 13.1. The Bertz CT molecular complexity index is 803. The van der Waals surface area contributed by atoms with E-state index < -0.39 is 0 Å². The third kappa shape index (κ3) is 3.90. The average Bonchev–Trinajstić information content (AvgIpc) is 2.99. The van der Waals surface area contributed by atoms with Crippen molar-refractivity contribution < 1.29 is 14.3 Å². The number of carbonyl (C=O) groups is 2. The van der Waals surface area contributed by atoms with Gasteiger partial charge in [-0.1, -0.05) is 25.8 Å². The van der Waals surface area contributed by atoms with Crippen LogP contribution in [0.25, 0.3) is 0 Å². The third-order valence-corrected chi connectivity index (χ3v) is 8.40. The van der Waals surface area contributed by atoms with Gasteiger partial charge in [0.2, 0.25) is 5.91 Å². The zero-order valence-electron chi connectivity index (χ0n) is 18.8. The van der Waals surface area contributed by atoms with E-state index in [1.165, 1.54) is 17.5 Å². The predicted molar refractivity (Wildman–Crippen MR) is 119 cm³/mol. The van der Waals surface area contributed by atoms with Crippen LogP contribution in [0.5, 0.6) is 5.75 Å². The first-order valence-electron chi connectivity index (χ1n) is 11.9. The van der Waals surface area contributed by atoms with E-state index in [-0.39, 0.29) is 11.3 Å². The summed E-state index contributed by atoms with van der Waals surface area (Å²) in [5.74, 6) is 3.85. The average molecular weight is 412 g/mol. The van der Waals surface area contributed by atoms with Gasteiger partial charge in [-0.3, -0.25) is 9.59 Å². The van der Waals surface area contributed by atoms with Crippen LogP contribution < -0.4 is 10.1 Å². The number of benzene rings is 1. The van der Waals surface area contributed by atoms with Gasteiger partial charge in [0, 0.05) is 25.3 Å². The van der Waals surface area contributed by atoms with Crippen LogP contribution in [0, 0.1) is 23.2 Å². The molecule has 4 nitrogen and oxygen atoms in total. The zero-order chi connectivity index (χ0) is 21.3. The van der Waals surface area contributed by atoms with Gasteiger partial charge in [0.15, 0.2) is 0 Å². The van der Waals surface area contributed by atoms with Gasteiger partial charge in [0.1, 0.15) is 11.5 Å². The number of unbranched alkanes of at least 4 members (excludes halogenated alkanes) is 2. The number of fused-ring (bicyclic) bond motifs is 5. The molecule has 0 aromatic heterocycles. The topological polar surface area (TPSA) is 55.4 Å². The molecule has 164 valence electrons. The monoisotopic (exact) mass is 411 g/mol. The molecule has 0 unspecified atom stereocenters. The van der Waals surface area contributed by atoms with Gasteiger partial charge in [-0.25, -0.2) is 0 Å². The van der Waals surface area contributed by atoms with Crippen molar-refractivity contribution in [1.82, 2.24) is 5.32 Å². The number of nitrogens with one attached hydrogen (secondary N) is 1. The van der Waals surface area contributed by atoms with Gasteiger partial charge in [-0.05, 0) is 85.5 Å². The number of methoxy groups -OCH3 is 1. The Hall–Kier alpha value is -1.84. The van der Waals surface area contributed by atoms with Gasteiger partial charge < -0.3 is 10.1 Å². The Labute approximate surface area is 181 Å². The molecule has 1 aromatic carbocycles. The summed E-state index contributed by atoms with van der Waals surface area (Å²) < 4.78 is 5.45. The first-order valence-corrected chi connectivity index (χ1v) is 11.9. The minimum Gasteiger partial charge on any atom is -0.497 e. The van der Waals surface area contributed by atoms with E-state index in [1.807, 2.05) is 0 Å². The van der Waals surface area contributed by atoms with Crippen molar-refractivity contribution in [3.63, 3.8) is 0 Å². The lowest BCUT2D eigenvalue weighted by atomic mass is 9.54.